The van der Waals surface area contributed by atoms with E-state index in [2.05, 4.69) is 60.3 Å². The van der Waals surface area contributed by atoms with Crippen LogP contribution < -0.4 is 0 Å². The van der Waals surface area contributed by atoms with Crippen molar-refractivity contribution in [2.45, 2.75) is 26.2 Å². The average Bonchev–Trinajstić information content (AvgIpc) is 2.78. The predicted molar refractivity (Wildman–Crippen MR) is 68.2 cm³/mol. The topological polar surface area (TPSA) is 43.1 Å². The van der Waals surface area contributed by atoms with Crippen LogP contribution in [0.3, 0.4) is 0 Å². The highest BCUT2D eigenvalue weighted by atomic mass is 15.4. The van der Waals surface area contributed by atoms with Gasteiger partial charge in [-0.15, -0.1) is 10.2 Å². The molecule has 4 nitrogen and oxygen atoms in total. The first-order valence-corrected chi connectivity index (χ1v) is 5.55. The molecule has 0 saturated carbocycles. The molecule has 0 aliphatic carbocycles. The summed E-state index contributed by atoms with van der Waals surface area (Å²) in [5.74, 6) is 0. The summed E-state index contributed by atoms with van der Waals surface area (Å²) in [6.45, 7) is 6.60. The summed E-state index contributed by atoms with van der Waals surface area (Å²) in [6.07, 6.45) is 4.90. The highest BCUT2D eigenvalue weighted by Gasteiger charge is 2.12. The monoisotopic (exact) mass is 228 g/mol. The Kier molecular flexibility index (Phi) is 3.04. The number of hydrogen-bond acceptors (Lipinski definition) is 3. The van der Waals surface area contributed by atoms with Crippen LogP contribution in [0.1, 0.15) is 31.9 Å². The molecule has 0 radical (unpaired) electrons. The molecule has 4 heteroatoms. The Hall–Kier alpha value is -1.97. The maximum atomic E-state index is 4.19. The minimum Gasteiger partial charge on any atom is -0.208 e. The van der Waals surface area contributed by atoms with Crippen LogP contribution in [-0.4, -0.2) is 21.1 Å². The molecule has 1 heterocycles. The lowest BCUT2D eigenvalue weighted by Gasteiger charge is -2.18. The minimum absolute atomic E-state index is 0.184. The molecule has 0 N–H and O–H groups in total. The Morgan fingerprint density at radius 1 is 1.06 bits per heavy atom. The van der Waals surface area contributed by atoms with E-state index < -0.39 is 0 Å². The van der Waals surface area contributed by atoms with Gasteiger partial charge in [0.05, 0.1) is 6.21 Å². The predicted octanol–water partition coefficient (Wildman–Crippen LogP) is 2.46. The summed E-state index contributed by atoms with van der Waals surface area (Å²) in [4.78, 5) is 0. The molecule has 0 fully saturated rings. The van der Waals surface area contributed by atoms with Crippen LogP contribution in [0.15, 0.2) is 42.0 Å². The quantitative estimate of drug-likeness (QED) is 0.741. The number of benzene rings is 1. The van der Waals surface area contributed by atoms with Crippen LogP contribution >= 0.6 is 0 Å². The third-order valence-corrected chi connectivity index (χ3v) is 2.52. The molecule has 0 saturated heterocycles. The SMILES string of the molecule is CC(C)(C)c1ccc(/C=N\n2cnnc2)cc1. The lowest BCUT2D eigenvalue weighted by atomic mass is 9.87. The van der Waals surface area contributed by atoms with Crippen LogP contribution in [0.2, 0.25) is 0 Å². The molecule has 17 heavy (non-hydrogen) atoms. The van der Waals surface area contributed by atoms with Gasteiger partial charge in [0.1, 0.15) is 12.7 Å². The van der Waals surface area contributed by atoms with Crippen molar-refractivity contribution in [1.29, 1.82) is 0 Å². The van der Waals surface area contributed by atoms with E-state index in [0.29, 0.717) is 0 Å². The molecule has 0 aliphatic heterocycles. The van der Waals surface area contributed by atoms with Crippen LogP contribution in [0.4, 0.5) is 0 Å². The third kappa shape index (κ3) is 3.00. The van der Waals surface area contributed by atoms with Crippen molar-refractivity contribution in [1.82, 2.24) is 14.9 Å². The van der Waals surface area contributed by atoms with Gasteiger partial charge in [0.2, 0.25) is 0 Å². The smallest absolute Gasteiger partial charge is 0.141 e. The van der Waals surface area contributed by atoms with Gasteiger partial charge in [0.25, 0.3) is 0 Å². The van der Waals surface area contributed by atoms with Gasteiger partial charge in [-0.1, -0.05) is 45.0 Å². The van der Waals surface area contributed by atoms with Crippen molar-refractivity contribution in [3.63, 3.8) is 0 Å². The van der Waals surface area contributed by atoms with E-state index in [0.717, 1.165) is 5.56 Å². The molecular weight excluding hydrogens is 212 g/mol. The van der Waals surface area contributed by atoms with Crippen molar-refractivity contribution in [2.24, 2.45) is 5.10 Å². The van der Waals surface area contributed by atoms with Crippen molar-refractivity contribution in [3.05, 3.63) is 48.0 Å². The maximum Gasteiger partial charge on any atom is 0.141 e. The second-order valence-corrected chi connectivity index (χ2v) is 4.96. The van der Waals surface area contributed by atoms with Gasteiger partial charge >= 0.3 is 0 Å². The van der Waals surface area contributed by atoms with Crippen molar-refractivity contribution in [2.75, 3.05) is 0 Å². The molecule has 0 atom stereocenters. The largest absolute Gasteiger partial charge is 0.208 e. The van der Waals surface area contributed by atoms with Gasteiger partial charge in [-0.25, -0.2) is 4.68 Å². The standard InChI is InChI=1S/C13H16N4/c1-13(2,3)12-6-4-11(5-7-12)8-16-17-9-14-15-10-17/h4-10H,1-3H3/b16-8-. The van der Waals surface area contributed by atoms with Crippen molar-refractivity contribution < 1.29 is 0 Å². The number of hydrogen-bond donors (Lipinski definition) is 0. The second kappa shape index (κ2) is 4.49. The Balaban J connectivity index is 2.14. The van der Waals surface area contributed by atoms with Gasteiger partial charge in [0, 0.05) is 0 Å². The zero-order chi connectivity index (χ0) is 12.3. The fourth-order valence-corrected chi connectivity index (χ4v) is 1.46. The molecule has 0 amide bonds. The van der Waals surface area contributed by atoms with E-state index in [1.54, 1.807) is 23.5 Å². The van der Waals surface area contributed by atoms with Crippen LogP contribution in [0.25, 0.3) is 0 Å². The van der Waals surface area contributed by atoms with Gasteiger partial charge < -0.3 is 0 Å². The van der Waals surface area contributed by atoms with Crippen molar-refractivity contribution in [3.8, 4) is 0 Å². The van der Waals surface area contributed by atoms with Gasteiger partial charge in [-0.2, -0.15) is 5.10 Å². The molecule has 88 valence electrons. The summed E-state index contributed by atoms with van der Waals surface area (Å²) in [6, 6.07) is 8.39. The van der Waals surface area contributed by atoms with Gasteiger partial charge in [-0.05, 0) is 16.5 Å². The number of nitrogens with zero attached hydrogens (tertiary/aromatic N) is 4. The van der Waals surface area contributed by atoms with E-state index >= 15 is 0 Å². The fourth-order valence-electron chi connectivity index (χ4n) is 1.46. The molecule has 0 unspecified atom stereocenters. The summed E-state index contributed by atoms with van der Waals surface area (Å²) in [5.41, 5.74) is 2.56. The molecule has 1 aromatic carbocycles. The number of aromatic nitrogens is 3. The molecular formula is C13H16N4. The highest BCUT2D eigenvalue weighted by molar-refractivity contribution is 5.79. The van der Waals surface area contributed by atoms with Gasteiger partial charge in [-0.3, -0.25) is 0 Å². The van der Waals surface area contributed by atoms with E-state index in [9.17, 15) is 0 Å². The molecule has 0 spiro atoms. The Morgan fingerprint density at radius 2 is 1.65 bits per heavy atom. The maximum absolute atomic E-state index is 4.19. The summed E-state index contributed by atoms with van der Waals surface area (Å²) >= 11 is 0. The zero-order valence-electron chi connectivity index (χ0n) is 10.3. The number of rotatable bonds is 2. The Labute approximate surface area is 101 Å². The second-order valence-electron chi connectivity index (χ2n) is 4.96. The van der Waals surface area contributed by atoms with E-state index in [4.69, 9.17) is 0 Å². The third-order valence-electron chi connectivity index (χ3n) is 2.52. The minimum atomic E-state index is 0.184. The first-order chi connectivity index (χ1) is 8.05. The highest BCUT2D eigenvalue weighted by Crippen LogP contribution is 2.21. The van der Waals surface area contributed by atoms with Crippen LogP contribution in [-0.2, 0) is 5.41 Å². The molecule has 1 aromatic heterocycles. The normalized spacial score (nSPS) is 12.2. The Bertz CT molecular complexity index is 489. The summed E-state index contributed by atoms with van der Waals surface area (Å²) in [7, 11) is 0. The zero-order valence-corrected chi connectivity index (χ0v) is 10.3. The molecule has 2 aromatic rings. The summed E-state index contributed by atoms with van der Waals surface area (Å²) < 4.78 is 1.57. The summed E-state index contributed by atoms with van der Waals surface area (Å²) in [5, 5.41) is 11.6. The molecule has 0 bridgehead atoms. The first-order valence-electron chi connectivity index (χ1n) is 5.55. The lowest BCUT2D eigenvalue weighted by Crippen LogP contribution is -2.10. The average molecular weight is 228 g/mol. The van der Waals surface area contributed by atoms with Crippen LogP contribution in [0.5, 0.6) is 0 Å². The molecule has 2 rings (SSSR count). The fraction of sp³-hybridized carbons (Fsp3) is 0.308. The Morgan fingerprint density at radius 3 is 2.18 bits per heavy atom. The first kappa shape index (κ1) is 11.5. The van der Waals surface area contributed by atoms with Crippen molar-refractivity contribution >= 4 is 6.21 Å². The van der Waals surface area contributed by atoms with Gasteiger partial charge in [0.15, 0.2) is 0 Å². The van der Waals surface area contributed by atoms with E-state index in [1.807, 2.05) is 0 Å². The van der Waals surface area contributed by atoms with Crippen LogP contribution in [0, 0.1) is 0 Å². The molecule has 0 aliphatic rings. The van der Waals surface area contributed by atoms with E-state index in [-0.39, 0.29) is 5.41 Å². The lowest BCUT2D eigenvalue weighted by molar-refractivity contribution is 0.590. The van der Waals surface area contributed by atoms with E-state index in [1.165, 1.54) is 5.56 Å².